The molecule has 2 N–H and O–H groups in total. The van der Waals surface area contributed by atoms with Crippen molar-refractivity contribution in [1.29, 1.82) is 0 Å². The Labute approximate surface area is 213 Å². The maximum absolute atomic E-state index is 13.6. The molecule has 186 valence electrons. The average Bonchev–Trinajstić information content (AvgIpc) is 3.24. The van der Waals surface area contributed by atoms with Crippen molar-refractivity contribution in [2.24, 2.45) is 0 Å². The molecule has 0 spiro atoms. The van der Waals surface area contributed by atoms with E-state index in [9.17, 15) is 14.0 Å². The number of anilines is 1. The van der Waals surface area contributed by atoms with Crippen LogP contribution in [0.4, 0.5) is 10.3 Å². The normalized spacial score (nSPS) is 11.9. The summed E-state index contributed by atoms with van der Waals surface area (Å²) in [5.74, 6) is -0.237. The molecule has 3 aromatic heterocycles. The number of carbonyl (C=O) groups is 2. The van der Waals surface area contributed by atoms with Crippen LogP contribution in [0.15, 0.2) is 48.8 Å². The molecule has 0 aliphatic heterocycles. The van der Waals surface area contributed by atoms with E-state index in [0.717, 1.165) is 21.3 Å². The highest BCUT2D eigenvalue weighted by atomic mass is 32.1. The third kappa shape index (κ3) is 6.09. The van der Waals surface area contributed by atoms with E-state index in [1.165, 1.54) is 17.4 Å². The van der Waals surface area contributed by atoms with Crippen LogP contribution in [0.3, 0.4) is 0 Å². The summed E-state index contributed by atoms with van der Waals surface area (Å²) in [7, 11) is 0. The molecule has 0 saturated carbocycles. The Balaban J connectivity index is 1.46. The summed E-state index contributed by atoms with van der Waals surface area (Å²) in [6.07, 6.45) is 4.45. The Kier molecular flexibility index (Phi) is 8.00. The minimum atomic E-state index is -0.416. The zero-order valence-electron chi connectivity index (χ0n) is 20.5. The first-order valence-electron chi connectivity index (χ1n) is 11.9. The number of rotatable bonds is 10. The number of hydrogen-bond acceptors (Lipinski definition) is 7. The Morgan fingerprint density at radius 1 is 1.11 bits per heavy atom. The van der Waals surface area contributed by atoms with E-state index < -0.39 is 5.82 Å². The van der Waals surface area contributed by atoms with Crippen LogP contribution in [0.25, 0.3) is 10.2 Å². The lowest BCUT2D eigenvalue weighted by Crippen LogP contribution is -2.22. The molecule has 0 unspecified atom stereocenters. The lowest BCUT2D eigenvalue weighted by molar-refractivity contribution is 0.0953. The molecular formula is C27H28FN5O2S. The van der Waals surface area contributed by atoms with Crippen LogP contribution < -0.4 is 10.6 Å². The van der Waals surface area contributed by atoms with E-state index in [0.29, 0.717) is 54.1 Å². The van der Waals surface area contributed by atoms with Crippen molar-refractivity contribution >= 4 is 39.2 Å². The Bertz CT molecular complexity index is 1390. The molecule has 0 radical (unpaired) electrons. The molecule has 0 aliphatic rings. The number of ketones is 1. The summed E-state index contributed by atoms with van der Waals surface area (Å²) < 4.78 is 14.4. The molecule has 7 nitrogen and oxygen atoms in total. The molecule has 0 bridgehead atoms. The number of pyridine rings is 1. The fraction of sp³-hybridized carbons (Fsp3) is 0.296. The third-order valence-electron chi connectivity index (χ3n) is 5.75. The number of aryl methyl sites for hydroxylation is 2. The molecule has 1 aromatic carbocycles. The van der Waals surface area contributed by atoms with E-state index >= 15 is 0 Å². The largest absolute Gasteiger partial charge is 0.352 e. The van der Waals surface area contributed by atoms with Crippen LogP contribution in [0, 0.1) is 12.7 Å². The molecule has 0 fully saturated rings. The number of amides is 1. The highest BCUT2D eigenvalue weighted by Gasteiger charge is 2.18. The Morgan fingerprint density at radius 2 is 1.89 bits per heavy atom. The highest BCUT2D eigenvalue weighted by Crippen LogP contribution is 2.29. The molecule has 4 rings (SSSR count). The van der Waals surface area contributed by atoms with Gasteiger partial charge in [-0.3, -0.25) is 14.6 Å². The van der Waals surface area contributed by atoms with Gasteiger partial charge in [-0.25, -0.2) is 14.4 Å². The molecule has 3 heterocycles. The summed E-state index contributed by atoms with van der Waals surface area (Å²) in [6, 6.07) is 10.5. The molecule has 1 atom stereocenters. The van der Waals surface area contributed by atoms with E-state index in [4.69, 9.17) is 0 Å². The standard InChI is InChI=1S/C27H28FN5O2S/c1-4-30-26(35)19-10-8-18(9-11-19)6-5-7-23(34)24-25-22(12-16(2)36-25)32-27(33-24)31-17(3)20-13-21(28)15-29-14-20/h8-15,17H,4-7H2,1-3H3,(H,30,35)(H,31,32,33)/t17-/m0/s1. The summed E-state index contributed by atoms with van der Waals surface area (Å²) in [4.78, 5) is 39.2. The predicted octanol–water partition coefficient (Wildman–Crippen LogP) is 5.66. The lowest BCUT2D eigenvalue weighted by atomic mass is 10.0. The van der Waals surface area contributed by atoms with Gasteiger partial charge in [-0.05, 0) is 69.0 Å². The minimum Gasteiger partial charge on any atom is -0.352 e. The van der Waals surface area contributed by atoms with Crippen LogP contribution in [0.1, 0.15) is 69.6 Å². The topological polar surface area (TPSA) is 96.9 Å². The van der Waals surface area contributed by atoms with Crippen LogP contribution in [-0.4, -0.2) is 33.2 Å². The van der Waals surface area contributed by atoms with Crippen molar-refractivity contribution in [3.8, 4) is 0 Å². The first-order valence-corrected chi connectivity index (χ1v) is 12.7. The lowest BCUT2D eigenvalue weighted by Gasteiger charge is -2.14. The van der Waals surface area contributed by atoms with Crippen LogP contribution >= 0.6 is 11.3 Å². The molecular weight excluding hydrogens is 477 g/mol. The second kappa shape index (κ2) is 11.3. The number of aromatic nitrogens is 3. The van der Waals surface area contributed by atoms with Crippen molar-refractivity contribution in [2.75, 3.05) is 11.9 Å². The number of Topliss-reactive ketones (excluding diaryl/α,β-unsaturated/α-hetero) is 1. The van der Waals surface area contributed by atoms with Gasteiger partial charge < -0.3 is 10.6 Å². The number of hydrogen-bond donors (Lipinski definition) is 2. The van der Waals surface area contributed by atoms with E-state index in [2.05, 4.69) is 25.6 Å². The monoisotopic (exact) mass is 505 g/mol. The van der Waals surface area contributed by atoms with Crippen LogP contribution in [0.5, 0.6) is 0 Å². The quantitative estimate of drug-likeness (QED) is 0.270. The number of benzene rings is 1. The first-order chi connectivity index (χ1) is 17.3. The van der Waals surface area contributed by atoms with Gasteiger partial charge in [0.05, 0.1) is 22.5 Å². The fourth-order valence-corrected chi connectivity index (χ4v) is 4.86. The summed E-state index contributed by atoms with van der Waals surface area (Å²) in [5, 5.41) is 5.96. The zero-order valence-corrected chi connectivity index (χ0v) is 21.3. The van der Waals surface area contributed by atoms with Gasteiger partial charge in [-0.15, -0.1) is 11.3 Å². The first kappa shape index (κ1) is 25.4. The Morgan fingerprint density at radius 3 is 2.61 bits per heavy atom. The van der Waals surface area contributed by atoms with Crippen molar-refractivity contribution < 1.29 is 14.0 Å². The SMILES string of the molecule is CCNC(=O)c1ccc(CCCC(=O)c2nc(N[C@@H](C)c3cncc(F)c3)nc3cc(C)sc23)cc1. The second-order valence-corrected chi connectivity index (χ2v) is 9.86. The average molecular weight is 506 g/mol. The van der Waals surface area contributed by atoms with Crippen LogP contribution in [0.2, 0.25) is 0 Å². The van der Waals surface area contributed by atoms with E-state index in [1.807, 2.05) is 39.0 Å². The molecule has 36 heavy (non-hydrogen) atoms. The van der Waals surface area contributed by atoms with Crippen molar-refractivity contribution in [3.05, 3.63) is 81.9 Å². The van der Waals surface area contributed by atoms with Crippen LogP contribution in [-0.2, 0) is 6.42 Å². The van der Waals surface area contributed by atoms with Crippen molar-refractivity contribution in [3.63, 3.8) is 0 Å². The van der Waals surface area contributed by atoms with Gasteiger partial charge in [0.15, 0.2) is 5.78 Å². The van der Waals surface area contributed by atoms with Gasteiger partial charge >= 0.3 is 0 Å². The molecule has 0 saturated heterocycles. The molecule has 0 aliphatic carbocycles. The third-order valence-corrected chi connectivity index (χ3v) is 6.80. The van der Waals surface area contributed by atoms with Gasteiger partial charge in [0.2, 0.25) is 5.95 Å². The predicted molar refractivity (Wildman–Crippen MR) is 140 cm³/mol. The number of nitrogens with one attached hydrogen (secondary N) is 2. The van der Waals surface area contributed by atoms with Gasteiger partial charge in [0.1, 0.15) is 11.5 Å². The van der Waals surface area contributed by atoms with Crippen molar-refractivity contribution in [1.82, 2.24) is 20.3 Å². The van der Waals surface area contributed by atoms with Gasteiger partial charge in [0, 0.05) is 29.6 Å². The number of nitrogens with zero attached hydrogens (tertiary/aromatic N) is 3. The number of thiophene rings is 1. The Hall–Kier alpha value is -3.72. The minimum absolute atomic E-state index is 0.0497. The number of fused-ring (bicyclic) bond motifs is 1. The fourth-order valence-electron chi connectivity index (χ4n) is 3.90. The van der Waals surface area contributed by atoms with E-state index in [-0.39, 0.29) is 17.7 Å². The molecule has 4 aromatic rings. The van der Waals surface area contributed by atoms with Gasteiger partial charge in [-0.1, -0.05) is 12.1 Å². The summed E-state index contributed by atoms with van der Waals surface area (Å²) in [6.45, 7) is 6.30. The molecule has 9 heteroatoms. The summed E-state index contributed by atoms with van der Waals surface area (Å²) >= 11 is 1.50. The zero-order chi connectivity index (χ0) is 25.7. The van der Waals surface area contributed by atoms with E-state index in [1.54, 1.807) is 18.3 Å². The summed E-state index contributed by atoms with van der Waals surface area (Å²) in [5.41, 5.74) is 3.46. The van der Waals surface area contributed by atoms with Crippen molar-refractivity contribution in [2.45, 2.75) is 46.1 Å². The number of carbonyl (C=O) groups excluding carboxylic acids is 2. The number of halogens is 1. The maximum atomic E-state index is 13.6. The second-order valence-electron chi connectivity index (χ2n) is 8.60. The highest BCUT2D eigenvalue weighted by molar-refractivity contribution is 7.19. The van der Waals surface area contributed by atoms with Gasteiger partial charge in [0.25, 0.3) is 5.91 Å². The molecule has 1 amide bonds. The van der Waals surface area contributed by atoms with Gasteiger partial charge in [-0.2, -0.15) is 0 Å². The smallest absolute Gasteiger partial charge is 0.251 e. The maximum Gasteiger partial charge on any atom is 0.251 e.